The maximum absolute atomic E-state index is 14.0. The molecule has 0 atom stereocenters. The van der Waals surface area contributed by atoms with E-state index in [9.17, 15) is 26.3 Å². The molecule has 0 bridgehead atoms. The molecule has 3 rings (SSSR count). The number of rotatable bonds is 5. The summed E-state index contributed by atoms with van der Waals surface area (Å²) in [4.78, 5) is 0. The van der Waals surface area contributed by atoms with Crippen LogP contribution in [0.5, 0.6) is 0 Å². The summed E-state index contributed by atoms with van der Waals surface area (Å²) in [6, 6.07) is 11.5. The maximum Gasteiger partial charge on any atom is 0.407 e. The van der Waals surface area contributed by atoms with Crippen molar-refractivity contribution in [1.29, 1.82) is 0 Å². The van der Waals surface area contributed by atoms with Crippen molar-refractivity contribution in [3.05, 3.63) is 59.7 Å². The van der Waals surface area contributed by atoms with Crippen molar-refractivity contribution in [2.45, 2.75) is 71.1 Å². The molecular formula is C26H28F6N2O. The third kappa shape index (κ3) is 4.57. The lowest BCUT2D eigenvalue weighted by molar-refractivity contribution is -0.331. The first-order valence-corrected chi connectivity index (χ1v) is 11.1. The standard InChI is InChI=1S/C26H28F6N2O/c1-7-23(5,6)18-12-8-16(9-13-18)20-33-34-21(35-20)17-10-14-19(15-11-17)24(22(2,3)4,25(27,28)29)26(30,31)32/h8-15H,7H2,1-6H3. The zero-order chi connectivity index (χ0) is 26.4. The molecule has 0 saturated heterocycles. The van der Waals surface area contributed by atoms with E-state index in [0.717, 1.165) is 57.0 Å². The SMILES string of the molecule is CCC(C)(C)c1ccc(-c2nnc(-c3ccc(C(C(C)(C)C)(C(F)(F)F)C(F)(F)F)cc3)o2)cc1. The Balaban J connectivity index is 1.98. The van der Waals surface area contributed by atoms with Crippen LogP contribution in [-0.4, -0.2) is 22.5 Å². The molecule has 9 heteroatoms. The average molecular weight is 499 g/mol. The smallest absolute Gasteiger partial charge is 0.407 e. The van der Waals surface area contributed by atoms with Gasteiger partial charge in [-0.15, -0.1) is 10.2 Å². The number of benzene rings is 2. The highest BCUT2D eigenvalue weighted by Gasteiger charge is 2.76. The molecule has 0 aliphatic rings. The van der Waals surface area contributed by atoms with Gasteiger partial charge in [-0.3, -0.25) is 0 Å². The van der Waals surface area contributed by atoms with E-state index in [4.69, 9.17) is 4.42 Å². The summed E-state index contributed by atoms with van der Waals surface area (Å²) in [6.45, 7) is 9.14. The van der Waals surface area contributed by atoms with E-state index in [-0.39, 0.29) is 22.8 Å². The van der Waals surface area contributed by atoms with E-state index in [0.29, 0.717) is 5.56 Å². The summed E-state index contributed by atoms with van der Waals surface area (Å²) >= 11 is 0. The van der Waals surface area contributed by atoms with Crippen LogP contribution >= 0.6 is 0 Å². The van der Waals surface area contributed by atoms with E-state index < -0.39 is 28.7 Å². The molecule has 190 valence electrons. The van der Waals surface area contributed by atoms with Crippen molar-refractivity contribution in [1.82, 2.24) is 10.2 Å². The first-order chi connectivity index (χ1) is 16.0. The van der Waals surface area contributed by atoms with Crippen molar-refractivity contribution in [3.63, 3.8) is 0 Å². The first kappa shape index (κ1) is 26.8. The zero-order valence-corrected chi connectivity index (χ0v) is 20.4. The molecular weight excluding hydrogens is 470 g/mol. The minimum atomic E-state index is -5.57. The van der Waals surface area contributed by atoms with E-state index in [2.05, 4.69) is 31.0 Å². The van der Waals surface area contributed by atoms with E-state index >= 15 is 0 Å². The third-order valence-electron chi connectivity index (χ3n) is 6.76. The van der Waals surface area contributed by atoms with Crippen LogP contribution in [0.4, 0.5) is 26.3 Å². The number of aromatic nitrogens is 2. The van der Waals surface area contributed by atoms with Gasteiger partial charge in [-0.1, -0.05) is 65.8 Å². The second-order valence-electron chi connectivity index (χ2n) is 10.3. The minimum Gasteiger partial charge on any atom is -0.416 e. The van der Waals surface area contributed by atoms with Crippen LogP contribution in [0, 0.1) is 5.41 Å². The summed E-state index contributed by atoms with van der Waals surface area (Å²) in [5.41, 5.74) is -5.16. The molecule has 0 spiro atoms. The lowest BCUT2D eigenvalue weighted by atomic mass is 9.61. The second kappa shape index (κ2) is 8.68. The van der Waals surface area contributed by atoms with Crippen LogP contribution in [0.3, 0.4) is 0 Å². The Morgan fingerprint density at radius 2 is 1.00 bits per heavy atom. The predicted molar refractivity (Wildman–Crippen MR) is 122 cm³/mol. The topological polar surface area (TPSA) is 38.9 Å². The molecule has 0 unspecified atom stereocenters. The monoisotopic (exact) mass is 498 g/mol. The number of hydrogen-bond donors (Lipinski definition) is 0. The highest BCUT2D eigenvalue weighted by Crippen LogP contribution is 2.61. The zero-order valence-electron chi connectivity index (χ0n) is 20.4. The van der Waals surface area contributed by atoms with Gasteiger partial charge in [0.25, 0.3) is 0 Å². The second-order valence-corrected chi connectivity index (χ2v) is 10.3. The van der Waals surface area contributed by atoms with E-state index in [1.165, 1.54) is 0 Å². The van der Waals surface area contributed by atoms with Crippen molar-refractivity contribution >= 4 is 0 Å². The summed E-state index contributed by atoms with van der Waals surface area (Å²) in [5, 5.41) is 7.91. The lowest BCUT2D eigenvalue weighted by Crippen LogP contribution is -2.61. The largest absolute Gasteiger partial charge is 0.416 e. The molecule has 0 aliphatic carbocycles. The van der Waals surface area contributed by atoms with Gasteiger partial charge in [0, 0.05) is 11.1 Å². The van der Waals surface area contributed by atoms with Gasteiger partial charge in [0.15, 0.2) is 5.41 Å². The summed E-state index contributed by atoms with van der Waals surface area (Å²) < 4.78 is 89.9. The van der Waals surface area contributed by atoms with E-state index in [1.54, 1.807) is 0 Å². The highest BCUT2D eigenvalue weighted by atomic mass is 19.4. The van der Waals surface area contributed by atoms with Crippen molar-refractivity contribution in [2.75, 3.05) is 0 Å². The Labute approximate surface area is 200 Å². The molecule has 1 heterocycles. The quantitative estimate of drug-likeness (QED) is 0.331. The number of halogens is 6. The normalized spacial score (nSPS) is 13.8. The fraction of sp³-hybridized carbons (Fsp3) is 0.462. The molecule has 3 aromatic rings. The minimum absolute atomic E-state index is 0.00458. The predicted octanol–water partition coefficient (Wildman–Crippen LogP) is 8.50. The molecule has 0 fully saturated rings. The maximum atomic E-state index is 14.0. The third-order valence-corrected chi connectivity index (χ3v) is 6.76. The van der Waals surface area contributed by atoms with Crippen LogP contribution in [0.25, 0.3) is 22.9 Å². The van der Waals surface area contributed by atoms with Crippen molar-refractivity contribution < 1.29 is 30.8 Å². The Kier molecular flexibility index (Phi) is 6.63. The Hall–Kier alpha value is -2.84. The molecule has 0 radical (unpaired) electrons. The van der Waals surface area contributed by atoms with Gasteiger partial charge in [0.05, 0.1) is 0 Å². The molecule has 0 N–H and O–H groups in total. The van der Waals surface area contributed by atoms with E-state index in [1.807, 2.05) is 24.3 Å². The molecule has 0 amide bonds. The Morgan fingerprint density at radius 3 is 1.31 bits per heavy atom. The average Bonchev–Trinajstić information content (AvgIpc) is 3.22. The van der Waals surface area contributed by atoms with Gasteiger partial charge in [-0.25, -0.2) is 0 Å². The molecule has 1 aromatic heterocycles. The van der Waals surface area contributed by atoms with Crippen molar-refractivity contribution in [2.24, 2.45) is 5.41 Å². The number of hydrogen-bond acceptors (Lipinski definition) is 3. The fourth-order valence-electron chi connectivity index (χ4n) is 4.36. The Bertz CT molecular complexity index is 1110. The fourth-order valence-corrected chi connectivity index (χ4v) is 4.36. The van der Waals surface area contributed by atoms with Crippen molar-refractivity contribution in [3.8, 4) is 22.9 Å². The molecule has 35 heavy (non-hydrogen) atoms. The number of nitrogens with zero attached hydrogens (tertiary/aromatic N) is 2. The summed E-state index contributed by atoms with van der Waals surface area (Å²) in [7, 11) is 0. The summed E-state index contributed by atoms with van der Waals surface area (Å²) in [5.74, 6) is 0.185. The van der Waals surface area contributed by atoms with Gasteiger partial charge in [-0.05, 0) is 52.6 Å². The highest BCUT2D eigenvalue weighted by molar-refractivity contribution is 5.59. The van der Waals surface area contributed by atoms with Crippen LogP contribution in [-0.2, 0) is 10.8 Å². The van der Waals surface area contributed by atoms with Crippen LogP contribution in [0.2, 0.25) is 0 Å². The molecule has 3 nitrogen and oxygen atoms in total. The number of alkyl halides is 6. The van der Waals surface area contributed by atoms with Gasteiger partial charge < -0.3 is 4.42 Å². The van der Waals surface area contributed by atoms with Crippen LogP contribution < -0.4 is 0 Å². The van der Waals surface area contributed by atoms with Crippen LogP contribution in [0.1, 0.15) is 59.1 Å². The molecule has 2 aromatic carbocycles. The first-order valence-electron chi connectivity index (χ1n) is 11.1. The molecule has 0 saturated carbocycles. The van der Waals surface area contributed by atoms with Crippen LogP contribution in [0.15, 0.2) is 52.9 Å². The Morgan fingerprint density at radius 1 is 0.629 bits per heavy atom. The lowest BCUT2D eigenvalue weighted by Gasteiger charge is -2.47. The van der Waals surface area contributed by atoms with Gasteiger partial charge in [0.1, 0.15) is 0 Å². The van der Waals surface area contributed by atoms with Gasteiger partial charge >= 0.3 is 12.4 Å². The van der Waals surface area contributed by atoms with Gasteiger partial charge in [-0.2, -0.15) is 26.3 Å². The molecule has 0 aliphatic heterocycles. The summed E-state index contributed by atoms with van der Waals surface area (Å²) in [6.07, 6.45) is -10.2. The van der Waals surface area contributed by atoms with Gasteiger partial charge in [0.2, 0.25) is 11.8 Å².